The predicted octanol–water partition coefficient (Wildman–Crippen LogP) is 3.61. The van der Waals surface area contributed by atoms with Crippen molar-refractivity contribution in [2.24, 2.45) is 0 Å². The van der Waals surface area contributed by atoms with Gasteiger partial charge in [0.2, 0.25) is 11.8 Å². The molecule has 0 aliphatic rings. The van der Waals surface area contributed by atoms with E-state index in [4.69, 9.17) is 9.47 Å². The normalized spacial score (nSPS) is 10.8. The molecule has 2 amide bonds. The Labute approximate surface area is 243 Å². The molecule has 2 N–H and O–H groups in total. The zero-order valence-corrected chi connectivity index (χ0v) is 24.0. The fourth-order valence-corrected chi connectivity index (χ4v) is 5.17. The summed E-state index contributed by atoms with van der Waals surface area (Å²) in [5.74, 6) is 1.06. The molecule has 0 spiro atoms. The maximum Gasteiger partial charge on any atom is 0.262 e. The SMILES string of the molecule is COc1ccc(CCNC(=O)CCn2c(SCC(=O)NCCc3ccccc3)nc3ccccc3c2=O)cc1OC. The van der Waals surface area contributed by atoms with Crippen molar-refractivity contribution >= 4 is 34.5 Å². The molecule has 10 heteroatoms. The first-order chi connectivity index (χ1) is 20.0. The molecule has 0 saturated carbocycles. The number of nitrogens with zero attached hydrogens (tertiary/aromatic N) is 2. The Morgan fingerprint density at radius 2 is 1.51 bits per heavy atom. The molecular weight excluding hydrogens is 540 g/mol. The number of thioether (sulfide) groups is 1. The molecule has 0 saturated heterocycles. The summed E-state index contributed by atoms with van der Waals surface area (Å²) in [5.41, 5.74) is 2.46. The van der Waals surface area contributed by atoms with Crippen LogP contribution in [-0.4, -0.2) is 54.4 Å². The lowest BCUT2D eigenvalue weighted by Crippen LogP contribution is -2.30. The first kappa shape index (κ1) is 29.7. The van der Waals surface area contributed by atoms with Crippen LogP contribution in [0.2, 0.25) is 0 Å². The van der Waals surface area contributed by atoms with Gasteiger partial charge in [0.1, 0.15) is 0 Å². The van der Waals surface area contributed by atoms with Crippen LogP contribution >= 0.6 is 11.8 Å². The van der Waals surface area contributed by atoms with Gasteiger partial charge in [-0.25, -0.2) is 4.98 Å². The summed E-state index contributed by atoms with van der Waals surface area (Å²) in [5, 5.41) is 6.71. The summed E-state index contributed by atoms with van der Waals surface area (Å²) < 4.78 is 12.1. The molecule has 0 aliphatic carbocycles. The van der Waals surface area contributed by atoms with E-state index >= 15 is 0 Å². The van der Waals surface area contributed by atoms with Crippen LogP contribution in [0.15, 0.2) is 82.7 Å². The number of hydrogen-bond acceptors (Lipinski definition) is 7. The number of ether oxygens (including phenoxy) is 2. The topological polar surface area (TPSA) is 112 Å². The number of benzene rings is 3. The van der Waals surface area contributed by atoms with Crippen LogP contribution in [-0.2, 0) is 29.0 Å². The lowest BCUT2D eigenvalue weighted by Gasteiger charge is -2.13. The van der Waals surface area contributed by atoms with Gasteiger partial charge in [-0.15, -0.1) is 0 Å². The average molecular weight is 575 g/mol. The maximum atomic E-state index is 13.3. The number of amides is 2. The molecule has 0 bridgehead atoms. The standard InChI is InChI=1S/C31H34N4O5S/c1-39-26-13-12-23(20-27(26)40-2)15-18-32-28(36)16-19-35-30(38)24-10-6-7-11-25(24)34-31(35)41-21-29(37)33-17-14-22-8-4-3-5-9-22/h3-13,20H,14-19,21H2,1-2H3,(H,32,36)(H,33,37). The van der Waals surface area contributed by atoms with E-state index < -0.39 is 0 Å². The molecule has 4 aromatic rings. The summed E-state index contributed by atoms with van der Waals surface area (Å²) in [6.45, 7) is 1.10. The van der Waals surface area contributed by atoms with E-state index in [1.165, 1.54) is 16.3 Å². The van der Waals surface area contributed by atoms with Crippen molar-refractivity contribution in [2.45, 2.75) is 31.0 Å². The highest BCUT2D eigenvalue weighted by Crippen LogP contribution is 2.27. The molecule has 0 fully saturated rings. The Morgan fingerprint density at radius 3 is 2.27 bits per heavy atom. The van der Waals surface area contributed by atoms with Crippen molar-refractivity contribution < 1.29 is 19.1 Å². The first-order valence-corrected chi connectivity index (χ1v) is 14.4. The molecule has 1 heterocycles. The summed E-state index contributed by atoms with van der Waals surface area (Å²) in [7, 11) is 3.16. The summed E-state index contributed by atoms with van der Waals surface area (Å²) in [6, 6.07) is 22.7. The van der Waals surface area contributed by atoms with Gasteiger partial charge in [-0.2, -0.15) is 0 Å². The molecule has 0 aliphatic heterocycles. The maximum absolute atomic E-state index is 13.3. The number of fused-ring (bicyclic) bond motifs is 1. The van der Waals surface area contributed by atoms with Gasteiger partial charge in [0, 0.05) is 26.1 Å². The highest BCUT2D eigenvalue weighted by molar-refractivity contribution is 7.99. The largest absolute Gasteiger partial charge is 0.493 e. The Balaban J connectivity index is 1.34. The van der Waals surface area contributed by atoms with Gasteiger partial charge < -0.3 is 20.1 Å². The molecule has 0 radical (unpaired) electrons. The molecule has 1 aromatic heterocycles. The van der Waals surface area contributed by atoms with E-state index in [2.05, 4.69) is 15.6 Å². The molecule has 0 atom stereocenters. The minimum atomic E-state index is -0.235. The summed E-state index contributed by atoms with van der Waals surface area (Å²) in [4.78, 5) is 43.1. The number of hydrogen-bond donors (Lipinski definition) is 2. The van der Waals surface area contributed by atoms with Gasteiger partial charge >= 0.3 is 0 Å². The second-order valence-corrected chi connectivity index (χ2v) is 10.2. The molecule has 0 unspecified atom stereocenters. The van der Waals surface area contributed by atoms with Crippen molar-refractivity contribution in [2.75, 3.05) is 33.1 Å². The van der Waals surface area contributed by atoms with Crippen LogP contribution in [0.25, 0.3) is 10.9 Å². The predicted molar refractivity (Wildman–Crippen MR) is 161 cm³/mol. The third-order valence-corrected chi connectivity index (χ3v) is 7.46. The van der Waals surface area contributed by atoms with Gasteiger partial charge in [0.15, 0.2) is 16.7 Å². The van der Waals surface area contributed by atoms with Gasteiger partial charge in [-0.05, 0) is 48.2 Å². The zero-order valence-electron chi connectivity index (χ0n) is 23.2. The number of nitrogens with one attached hydrogen (secondary N) is 2. The Hall–Kier alpha value is -4.31. The Bertz CT molecular complexity index is 1540. The fourth-order valence-electron chi connectivity index (χ4n) is 4.31. The lowest BCUT2D eigenvalue weighted by molar-refractivity contribution is -0.121. The molecule has 9 nitrogen and oxygen atoms in total. The van der Waals surface area contributed by atoms with Crippen LogP contribution in [0.3, 0.4) is 0 Å². The number of carbonyl (C=O) groups excluding carboxylic acids is 2. The smallest absolute Gasteiger partial charge is 0.262 e. The van der Waals surface area contributed by atoms with Gasteiger partial charge in [-0.3, -0.25) is 19.0 Å². The van der Waals surface area contributed by atoms with Crippen LogP contribution in [0, 0.1) is 0 Å². The van der Waals surface area contributed by atoms with Gasteiger partial charge in [0.25, 0.3) is 5.56 Å². The number of aromatic nitrogens is 2. The second-order valence-electron chi connectivity index (χ2n) is 9.28. The number of carbonyl (C=O) groups is 2. The Morgan fingerprint density at radius 1 is 0.829 bits per heavy atom. The highest BCUT2D eigenvalue weighted by Gasteiger charge is 2.15. The lowest BCUT2D eigenvalue weighted by atomic mass is 10.1. The molecule has 4 rings (SSSR count). The Kier molecular flexibility index (Phi) is 10.8. The third-order valence-electron chi connectivity index (χ3n) is 6.48. The summed E-state index contributed by atoms with van der Waals surface area (Å²) in [6.07, 6.45) is 1.45. The fraction of sp³-hybridized carbons (Fsp3) is 0.290. The van der Waals surface area contributed by atoms with Crippen LogP contribution in [0.4, 0.5) is 0 Å². The molecular formula is C31H34N4O5S. The van der Waals surface area contributed by atoms with Crippen molar-refractivity contribution in [3.63, 3.8) is 0 Å². The van der Waals surface area contributed by atoms with E-state index in [1.54, 1.807) is 32.4 Å². The minimum absolute atomic E-state index is 0.0999. The zero-order chi connectivity index (χ0) is 29.0. The van der Waals surface area contributed by atoms with Crippen molar-refractivity contribution in [1.82, 2.24) is 20.2 Å². The second kappa shape index (κ2) is 14.9. The van der Waals surface area contributed by atoms with Crippen LogP contribution < -0.4 is 25.7 Å². The quantitative estimate of drug-likeness (QED) is 0.175. The average Bonchev–Trinajstić information content (AvgIpc) is 3.00. The monoisotopic (exact) mass is 574 g/mol. The van der Waals surface area contributed by atoms with E-state index in [9.17, 15) is 14.4 Å². The van der Waals surface area contributed by atoms with Crippen molar-refractivity contribution in [3.8, 4) is 11.5 Å². The first-order valence-electron chi connectivity index (χ1n) is 13.4. The van der Waals surface area contributed by atoms with Gasteiger partial charge in [0.05, 0.1) is 30.9 Å². The highest BCUT2D eigenvalue weighted by atomic mass is 32.2. The van der Waals surface area contributed by atoms with Crippen LogP contribution in [0.5, 0.6) is 11.5 Å². The van der Waals surface area contributed by atoms with Gasteiger partial charge in [-0.1, -0.05) is 60.3 Å². The van der Waals surface area contributed by atoms with E-state index in [1.807, 2.05) is 54.6 Å². The number of rotatable bonds is 14. The third kappa shape index (κ3) is 8.34. The van der Waals surface area contributed by atoms with E-state index in [0.29, 0.717) is 47.1 Å². The molecule has 3 aromatic carbocycles. The molecule has 41 heavy (non-hydrogen) atoms. The van der Waals surface area contributed by atoms with E-state index in [-0.39, 0.29) is 36.1 Å². The minimum Gasteiger partial charge on any atom is -0.493 e. The van der Waals surface area contributed by atoms with Crippen LogP contribution in [0.1, 0.15) is 17.5 Å². The number of methoxy groups -OCH3 is 2. The number of para-hydroxylation sites is 1. The molecule has 214 valence electrons. The van der Waals surface area contributed by atoms with Crippen molar-refractivity contribution in [3.05, 3.63) is 94.3 Å². The van der Waals surface area contributed by atoms with E-state index in [0.717, 1.165) is 17.5 Å². The summed E-state index contributed by atoms with van der Waals surface area (Å²) >= 11 is 1.19. The van der Waals surface area contributed by atoms with Crippen molar-refractivity contribution in [1.29, 1.82) is 0 Å².